The Morgan fingerprint density at radius 3 is 2.94 bits per heavy atom. The van der Waals surface area contributed by atoms with Crippen LogP contribution in [0.15, 0.2) is 24.3 Å². The van der Waals surface area contributed by atoms with Crippen molar-refractivity contribution in [2.45, 2.75) is 18.9 Å². The maximum Gasteiger partial charge on any atom is 0.320 e. The van der Waals surface area contributed by atoms with Crippen LogP contribution in [0.25, 0.3) is 11.0 Å². The minimum Gasteiger partial charge on any atom is -0.480 e. The van der Waals surface area contributed by atoms with E-state index in [2.05, 4.69) is 9.97 Å². The van der Waals surface area contributed by atoms with Crippen molar-refractivity contribution in [3.8, 4) is 0 Å². The molecular formula is C11H13N3O2. The zero-order chi connectivity index (χ0) is 11.5. The second kappa shape index (κ2) is 4.32. The Morgan fingerprint density at radius 2 is 2.25 bits per heavy atom. The predicted octanol–water partition coefficient (Wildman–Crippen LogP) is 0.907. The number of carbonyl (C=O) groups is 1. The van der Waals surface area contributed by atoms with Crippen LogP contribution in [0, 0.1) is 0 Å². The third-order valence-corrected chi connectivity index (χ3v) is 2.45. The van der Waals surface area contributed by atoms with E-state index in [-0.39, 0.29) is 0 Å². The van der Waals surface area contributed by atoms with Crippen LogP contribution in [0.1, 0.15) is 12.2 Å². The number of benzene rings is 1. The van der Waals surface area contributed by atoms with E-state index in [1.807, 2.05) is 24.3 Å². The van der Waals surface area contributed by atoms with Gasteiger partial charge in [-0.25, -0.2) is 4.98 Å². The highest BCUT2D eigenvalue weighted by Crippen LogP contribution is 2.11. The standard InChI is InChI=1S/C11H13N3O2/c12-7(11(15)16)5-6-10-13-8-3-1-2-4-9(8)14-10/h1-4,7H,5-6,12H2,(H,13,14)(H,15,16)/t7-/m0/s1. The monoisotopic (exact) mass is 219 g/mol. The van der Waals surface area contributed by atoms with Crippen LogP contribution in [0.5, 0.6) is 0 Å². The molecule has 0 aliphatic rings. The van der Waals surface area contributed by atoms with Gasteiger partial charge in [-0.05, 0) is 18.6 Å². The zero-order valence-electron chi connectivity index (χ0n) is 8.68. The highest BCUT2D eigenvalue weighted by atomic mass is 16.4. The van der Waals surface area contributed by atoms with Gasteiger partial charge in [0.25, 0.3) is 0 Å². The average Bonchev–Trinajstić information content (AvgIpc) is 2.68. The first-order valence-corrected chi connectivity index (χ1v) is 5.09. The molecule has 0 radical (unpaired) electrons. The number of aromatic nitrogens is 2. The fourth-order valence-electron chi connectivity index (χ4n) is 1.54. The van der Waals surface area contributed by atoms with E-state index < -0.39 is 12.0 Å². The van der Waals surface area contributed by atoms with E-state index in [0.29, 0.717) is 12.8 Å². The zero-order valence-corrected chi connectivity index (χ0v) is 8.68. The number of carboxylic acids is 1. The summed E-state index contributed by atoms with van der Waals surface area (Å²) >= 11 is 0. The van der Waals surface area contributed by atoms with Gasteiger partial charge in [0.05, 0.1) is 11.0 Å². The van der Waals surface area contributed by atoms with Gasteiger partial charge in [0.15, 0.2) is 0 Å². The summed E-state index contributed by atoms with van der Waals surface area (Å²) in [7, 11) is 0. The molecule has 5 nitrogen and oxygen atoms in total. The molecule has 0 amide bonds. The molecule has 5 heteroatoms. The van der Waals surface area contributed by atoms with Gasteiger partial charge in [0.2, 0.25) is 0 Å². The van der Waals surface area contributed by atoms with E-state index in [4.69, 9.17) is 10.8 Å². The van der Waals surface area contributed by atoms with Gasteiger partial charge in [-0.2, -0.15) is 0 Å². The highest BCUT2D eigenvalue weighted by Gasteiger charge is 2.12. The number of hydrogen-bond acceptors (Lipinski definition) is 3. The number of rotatable bonds is 4. The number of nitrogens with one attached hydrogen (secondary N) is 1. The Balaban J connectivity index is 2.07. The minimum absolute atomic E-state index is 0.384. The molecule has 0 aliphatic carbocycles. The van der Waals surface area contributed by atoms with E-state index >= 15 is 0 Å². The molecule has 0 spiro atoms. The first-order chi connectivity index (χ1) is 7.66. The number of hydrogen-bond donors (Lipinski definition) is 3. The van der Waals surface area contributed by atoms with E-state index in [9.17, 15) is 4.79 Å². The lowest BCUT2D eigenvalue weighted by Gasteiger charge is -2.03. The van der Waals surface area contributed by atoms with Gasteiger partial charge >= 0.3 is 5.97 Å². The molecule has 4 N–H and O–H groups in total. The van der Waals surface area contributed by atoms with Gasteiger partial charge in [-0.1, -0.05) is 12.1 Å². The third-order valence-electron chi connectivity index (χ3n) is 2.45. The summed E-state index contributed by atoms with van der Waals surface area (Å²) in [6, 6.07) is 6.85. The van der Waals surface area contributed by atoms with Gasteiger partial charge in [-0.15, -0.1) is 0 Å². The average molecular weight is 219 g/mol. The molecule has 0 fully saturated rings. The fraction of sp³-hybridized carbons (Fsp3) is 0.273. The molecule has 0 saturated heterocycles. The molecule has 1 aromatic heterocycles. The van der Waals surface area contributed by atoms with Crippen LogP contribution in [-0.2, 0) is 11.2 Å². The number of H-pyrrole nitrogens is 1. The molecule has 1 atom stereocenters. The van der Waals surface area contributed by atoms with Crippen molar-refractivity contribution in [2.24, 2.45) is 5.73 Å². The molecule has 2 rings (SSSR count). The predicted molar refractivity (Wildman–Crippen MR) is 60.0 cm³/mol. The van der Waals surface area contributed by atoms with Gasteiger partial charge < -0.3 is 15.8 Å². The third kappa shape index (κ3) is 2.20. The first kappa shape index (κ1) is 10.6. The van der Waals surface area contributed by atoms with Crippen molar-refractivity contribution in [1.29, 1.82) is 0 Å². The Hall–Kier alpha value is -1.88. The summed E-state index contributed by atoms with van der Waals surface area (Å²) in [5.41, 5.74) is 7.27. The number of aromatic amines is 1. The van der Waals surface area contributed by atoms with Crippen molar-refractivity contribution in [3.05, 3.63) is 30.1 Å². The number of imidazole rings is 1. The molecule has 0 saturated carbocycles. The lowest BCUT2D eigenvalue weighted by Crippen LogP contribution is -2.30. The maximum absolute atomic E-state index is 10.5. The summed E-state index contributed by atoms with van der Waals surface area (Å²) in [5, 5.41) is 8.64. The quantitative estimate of drug-likeness (QED) is 0.712. The Bertz CT molecular complexity index is 474. The van der Waals surface area contributed by atoms with E-state index in [1.54, 1.807) is 0 Å². The van der Waals surface area contributed by atoms with Crippen molar-refractivity contribution in [1.82, 2.24) is 9.97 Å². The van der Waals surface area contributed by atoms with E-state index in [0.717, 1.165) is 16.9 Å². The van der Waals surface area contributed by atoms with Crippen LogP contribution in [0.4, 0.5) is 0 Å². The molecule has 0 aliphatic heterocycles. The van der Waals surface area contributed by atoms with Crippen molar-refractivity contribution in [2.75, 3.05) is 0 Å². The summed E-state index contributed by atoms with van der Waals surface area (Å²) in [5.74, 6) is -0.200. The number of aliphatic carboxylic acids is 1. The van der Waals surface area contributed by atoms with Crippen LogP contribution in [-0.4, -0.2) is 27.1 Å². The Kier molecular flexibility index (Phi) is 2.87. The second-order valence-electron chi connectivity index (χ2n) is 3.68. The maximum atomic E-state index is 10.5. The molecular weight excluding hydrogens is 206 g/mol. The fourth-order valence-corrected chi connectivity index (χ4v) is 1.54. The molecule has 0 unspecified atom stereocenters. The van der Waals surface area contributed by atoms with Crippen LogP contribution < -0.4 is 5.73 Å². The number of fused-ring (bicyclic) bond motifs is 1. The lowest BCUT2D eigenvalue weighted by atomic mass is 10.2. The number of carboxylic acid groups (broad SMARTS) is 1. The number of para-hydroxylation sites is 2. The lowest BCUT2D eigenvalue weighted by molar-refractivity contribution is -0.138. The van der Waals surface area contributed by atoms with Crippen LogP contribution >= 0.6 is 0 Å². The van der Waals surface area contributed by atoms with Crippen LogP contribution in [0.2, 0.25) is 0 Å². The van der Waals surface area contributed by atoms with Crippen molar-refractivity contribution < 1.29 is 9.90 Å². The number of nitrogens with zero attached hydrogens (tertiary/aromatic N) is 1. The minimum atomic E-state index is -0.976. The summed E-state index contributed by atoms with van der Waals surface area (Å²) in [4.78, 5) is 18.0. The van der Waals surface area contributed by atoms with Gasteiger partial charge in [0, 0.05) is 6.42 Å². The largest absolute Gasteiger partial charge is 0.480 e. The highest BCUT2D eigenvalue weighted by molar-refractivity contribution is 5.75. The van der Waals surface area contributed by atoms with Gasteiger partial charge in [0.1, 0.15) is 11.9 Å². The topological polar surface area (TPSA) is 92.0 Å². The molecule has 1 heterocycles. The van der Waals surface area contributed by atoms with Crippen molar-refractivity contribution >= 4 is 17.0 Å². The SMILES string of the molecule is N[C@@H](CCc1nc2ccccc2[nH]1)C(=O)O. The smallest absolute Gasteiger partial charge is 0.320 e. The van der Waals surface area contributed by atoms with Gasteiger partial charge in [-0.3, -0.25) is 4.79 Å². The van der Waals surface area contributed by atoms with Crippen molar-refractivity contribution in [3.63, 3.8) is 0 Å². The molecule has 1 aromatic carbocycles. The van der Waals surface area contributed by atoms with E-state index in [1.165, 1.54) is 0 Å². The molecule has 2 aromatic rings. The molecule has 0 bridgehead atoms. The van der Waals surface area contributed by atoms with Crippen LogP contribution in [0.3, 0.4) is 0 Å². The second-order valence-corrected chi connectivity index (χ2v) is 3.68. The first-order valence-electron chi connectivity index (χ1n) is 5.09. The Morgan fingerprint density at radius 1 is 1.50 bits per heavy atom. The summed E-state index contributed by atoms with van der Waals surface area (Å²) in [6.07, 6.45) is 0.928. The molecule has 16 heavy (non-hydrogen) atoms. The normalized spacial score (nSPS) is 12.8. The molecule has 84 valence electrons. The number of nitrogens with two attached hydrogens (primary N) is 1. The summed E-state index contributed by atoms with van der Waals surface area (Å²) in [6.45, 7) is 0. The summed E-state index contributed by atoms with van der Waals surface area (Å²) < 4.78 is 0. The number of aryl methyl sites for hydroxylation is 1. The Labute approximate surface area is 92.3 Å².